The number of allylic oxidation sites excluding steroid dienone is 1. The molecule has 0 bridgehead atoms. The lowest BCUT2D eigenvalue weighted by Crippen LogP contribution is -2.29. The van der Waals surface area contributed by atoms with E-state index in [-0.39, 0.29) is 17.8 Å². The molecule has 6 nitrogen and oxygen atoms in total. The molecule has 0 aromatic heterocycles. The molecule has 0 saturated heterocycles. The summed E-state index contributed by atoms with van der Waals surface area (Å²) in [6, 6.07) is 3.88. The minimum atomic E-state index is -0.694. The lowest BCUT2D eigenvalue weighted by Gasteiger charge is -2.13. The molecule has 0 unspecified atom stereocenters. The van der Waals surface area contributed by atoms with Crippen molar-refractivity contribution in [3.63, 3.8) is 0 Å². The molecule has 0 atom stereocenters. The number of hydrogen-bond donors (Lipinski definition) is 0. The third-order valence-corrected chi connectivity index (χ3v) is 2.85. The number of non-ortho nitro benzene ring substituents is 1. The van der Waals surface area contributed by atoms with Crippen molar-refractivity contribution >= 4 is 23.1 Å². The monoisotopic (exact) mass is 260 g/mol. The molecule has 0 radical (unpaired) electrons. The van der Waals surface area contributed by atoms with Crippen LogP contribution in [-0.2, 0) is 4.79 Å². The fraction of sp³-hybridized carbons (Fsp3) is 0.231. The Morgan fingerprint density at radius 2 is 2.05 bits per heavy atom. The van der Waals surface area contributed by atoms with Gasteiger partial charge in [-0.2, -0.15) is 0 Å². The SMILES string of the molecule is CC(C)=CCN1C(=O)C(=O)c2cc([N+](=O)[O-])ccc21. The number of anilines is 1. The Morgan fingerprint density at radius 1 is 1.37 bits per heavy atom. The van der Waals surface area contributed by atoms with Crippen molar-refractivity contribution in [3.05, 3.63) is 45.5 Å². The zero-order valence-corrected chi connectivity index (χ0v) is 10.5. The second-order valence-electron chi connectivity index (χ2n) is 4.48. The normalized spacial score (nSPS) is 13.5. The minimum absolute atomic E-state index is 0.0985. The predicted molar refractivity (Wildman–Crippen MR) is 69.2 cm³/mol. The van der Waals surface area contributed by atoms with Gasteiger partial charge >= 0.3 is 0 Å². The van der Waals surface area contributed by atoms with Crippen LogP contribution in [0.4, 0.5) is 11.4 Å². The summed E-state index contributed by atoms with van der Waals surface area (Å²) in [7, 11) is 0. The van der Waals surface area contributed by atoms with Crippen LogP contribution < -0.4 is 4.90 Å². The Bertz CT molecular complexity index is 615. The quantitative estimate of drug-likeness (QED) is 0.360. The topological polar surface area (TPSA) is 80.5 Å². The number of nitrogens with zero attached hydrogens (tertiary/aromatic N) is 2. The van der Waals surface area contributed by atoms with Gasteiger partial charge in [0.1, 0.15) is 0 Å². The number of ketones is 1. The fourth-order valence-electron chi connectivity index (χ4n) is 1.86. The number of benzene rings is 1. The van der Waals surface area contributed by atoms with Gasteiger partial charge in [-0.1, -0.05) is 11.6 Å². The van der Waals surface area contributed by atoms with E-state index in [9.17, 15) is 19.7 Å². The Hall–Kier alpha value is -2.50. The molecular weight excluding hydrogens is 248 g/mol. The Morgan fingerprint density at radius 3 is 2.63 bits per heavy atom. The highest BCUT2D eigenvalue weighted by Crippen LogP contribution is 2.31. The molecule has 0 saturated carbocycles. The van der Waals surface area contributed by atoms with Crippen molar-refractivity contribution in [1.29, 1.82) is 0 Å². The molecule has 1 amide bonds. The van der Waals surface area contributed by atoms with Gasteiger partial charge in [-0.25, -0.2) is 0 Å². The highest BCUT2D eigenvalue weighted by Gasteiger charge is 2.36. The average molecular weight is 260 g/mol. The maximum atomic E-state index is 11.8. The molecular formula is C13H12N2O4. The maximum absolute atomic E-state index is 11.8. The maximum Gasteiger partial charge on any atom is 0.299 e. The fourth-order valence-corrected chi connectivity index (χ4v) is 1.86. The summed E-state index contributed by atoms with van der Waals surface area (Å²) in [5, 5.41) is 10.7. The number of amides is 1. The van der Waals surface area contributed by atoms with Gasteiger partial charge in [-0.05, 0) is 19.9 Å². The summed E-state index contributed by atoms with van der Waals surface area (Å²) in [4.78, 5) is 35.0. The summed E-state index contributed by atoms with van der Waals surface area (Å²) >= 11 is 0. The molecule has 98 valence electrons. The zero-order chi connectivity index (χ0) is 14.2. The van der Waals surface area contributed by atoms with E-state index in [0.29, 0.717) is 5.69 Å². The first-order valence-electron chi connectivity index (χ1n) is 5.70. The van der Waals surface area contributed by atoms with Crippen LogP contribution in [0.1, 0.15) is 24.2 Å². The molecule has 1 aromatic carbocycles. The average Bonchev–Trinajstić information content (AvgIpc) is 2.59. The Balaban J connectivity index is 2.44. The van der Waals surface area contributed by atoms with Gasteiger partial charge in [-0.15, -0.1) is 0 Å². The summed E-state index contributed by atoms with van der Waals surface area (Å²) < 4.78 is 0. The zero-order valence-electron chi connectivity index (χ0n) is 10.5. The number of Topliss-reactive ketones (excluding diaryl/α,β-unsaturated/α-hetero) is 1. The van der Waals surface area contributed by atoms with E-state index in [1.165, 1.54) is 17.0 Å². The largest absolute Gasteiger partial charge is 0.301 e. The summed E-state index contributed by atoms with van der Waals surface area (Å²) in [6.45, 7) is 4.07. The van der Waals surface area contributed by atoms with Gasteiger partial charge in [0.25, 0.3) is 17.4 Å². The van der Waals surface area contributed by atoms with E-state index < -0.39 is 16.6 Å². The van der Waals surface area contributed by atoms with Gasteiger partial charge in [0, 0.05) is 18.7 Å². The van der Waals surface area contributed by atoms with Crippen LogP contribution in [0.2, 0.25) is 0 Å². The molecule has 1 aliphatic rings. The van der Waals surface area contributed by atoms with Crippen LogP contribution in [-0.4, -0.2) is 23.2 Å². The van der Waals surface area contributed by atoms with Gasteiger partial charge < -0.3 is 4.90 Å². The van der Waals surface area contributed by atoms with Crippen LogP contribution in [0, 0.1) is 10.1 Å². The molecule has 2 rings (SSSR count). The van der Waals surface area contributed by atoms with Crippen molar-refractivity contribution in [2.75, 3.05) is 11.4 Å². The summed E-state index contributed by atoms with van der Waals surface area (Å²) in [5.41, 5.74) is 1.36. The molecule has 19 heavy (non-hydrogen) atoms. The first-order valence-corrected chi connectivity index (χ1v) is 5.70. The lowest BCUT2D eigenvalue weighted by atomic mass is 10.1. The molecule has 6 heteroatoms. The number of rotatable bonds is 3. The second kappa shape index (κ2) is 4.64. The van der Waals surface area contributed by atoms with Crippen molar-refractivity contribution in [1.82, 2.24) is 0 Å². The Labute approximate surface area is 109 Å². The summed E-state index contributed by atoms with van der Waals surface area (Å²) in [5.74, 6) is -1.34. The third kappa shape index (κ3) is 2.24. The van der Waals surface area contributed by atoms with Gasteiger partial charge in [0.05, 0.1) is 16.2 Å². The van der Waals surface area contributed by atoms with E-state index in [1.54, 1.807) is 0 Å². The number of fused-ring (bicyclic) bond motifs is 1. The van der Waals surface area contributed by atoms with Crippen molar-refractivity contribution in [2.24, 2.45) is 0 Å². The van der Waals surface area contributed by atoms with Crippen LogP contribution >= 0.6 is 0 Å². The van der Waals surface area contributed by atoms with Crippen LogP contribution in [0.3, 0.4) is 0 Å². The van der Waals surface area contributed by atoms with E-state index in [2.05, 4.69) is 0 Å². The van der Waals surface area contributed by atoms with Crippen molar-refractivity contribution < 1.29 is 14.5 Å². The van der Waals surface area contributed by atoms with Crippen LogP contribution in [0.5, 0.6) is 0 Å². The first kappa shape index (κ1) is 12.9. The van der Waals surface area contributed by atoms with Gasteiger partial charge in [-0.3, -0.25) is 19.7 Å². The van der Waals surface area contributed by atoms with E-state index in [1.807, 2.05) is 19.9 Å². The molecule has 0 aliphatic carbocycles. The first-order chi connectivity index (χ1) is 8.91. The number of hydrogen-bond acceptors (Lipinski definition) is 4. The van der Waals surface area contributed by atoms with Crippen LogP contribution in [0.25, 0.3) is 0 Å². The predicted octanol–water partition coefficient (Wildman–Crippen LogP) is 2.09. The van der Waals surface area contributed by atoms with Gasteiger partial charge in [0.2, 0.25) is 0 Å². The number of nitro groups is 1. The van der Waals surface area contributed by atoms with E-state index in [4.69, 9.17) is 0 Å². The number of nitro benzene ring substituents is 1. The Kier molecular flexibility index (Phi) is 3.16. The highest BCUT2D eigenvalue weighted by atomic mass is 16.6. The molecule has 0 spiro atoms. The van der Waals surface area contributed by atoms with E-state index >= 15 is 0 Å². The molecule has 0 fully saturated rings. The number of carbonyl (C=O) groups excluding carboxylic acids is 2. The second-order valence-corrected chi connectivity index (χ2v) is 4.48. The molecule has 1 aliphatic heterocycles. The van der Waals surface area contributed by atoms with Gasteiger partial charge in [0.15, 0.2) is 0 Å². The van der Waals surface area contributed by atoms with E-state index in [0.717, 1.165) is 11.6 Å². The molecule has 1 heterocycles. The highest BCUT2D eigenvalue weighted by molar-refractivity contribution is 6.52. The molecule has 1 aromatic rings. The number of carbonyl (C=O) groups is 2. The standard InChI is InChI=1S/C13H12N2O4/c1-8(2)5-6-14-11-4-3-9(15(18)19)7-10(11)12(16)13(14)17/h3-5,7H,6H2,1-2H3. The van der Waals surface area contributed by atoms with Crippen molar-refractivity contribution in [3.8, 4) is 0 Å². The minimum Gasteiger partial charge on any atom is -0.301 e. The lowest BCUT2D eigenvalue weighted by molar-refractivity contribution is -0.384. The third-order valence-electron chi connectivity index (χ3n) is 2.85. The smallest absolute Gasteiger partial charge is 0.299 e. The molecule has 0 N–H and O–H groups in total. The van der Waals surface area contributed by atoms with Crippen molar-refractivity contribution in [2.45, 2.75) is 13.8 Å². The summed E-state index contributed by atoms with van der Waals surface area (Å²) in [6.07, 6.45) is 1.82. The van der Waals surface area contributed by atoms with Crippen LogP contribution in [0.15, 0.2) is 29.8 Å².